The van der Waals surface area contributed by atoms with Crippen LogP contribution in [0.4, 0.5) is 0 Å². The molecule has 0 unspecified atom stereocenters. The molecule has 4 heteroatoms. The van der Waals surface area contributed by atoms with Gasteiger partial charge in [-0.15, -0.1) is 0 Å². The van der Waals surface area contributed by atoms with E-state index in [1.54, 1.807) is 0 Å². The molecule has 1 saturated carbocycles. The predicted octanol–water partition coefficient (Wildman–Crippen LogP) is 0.353. The molecule has 3 nitrogen and oxygen atoms in total. The van der Waals surface area contributed by atoms with Crippen molar-refractivity contribution in [2.75, 3.05) is 13.2 Å². The van der Waals surface area contributed by atoms with Crippen molar-refractivity contribution in [2.45, 2.75) is 29.8 Å². The summed E-state index contributed by atoms with van der Waals surface area (Å²) in [6, 6.07) is 0. The fourth-order valence-electron chi connectivity index (χ4n) is 1.26. The number of hydrogen-bond acceptors (Lipinski definition) is 3. The molecule has 0 bridgehead atoms. The zero-order valence-corrected chi connectivity index (χ0v) is 7.36. The van der Waals surface area contributed by atoms with Gasteiger partial charge in [0.1, 0.15) is 5.25 Å². The Labute approximate surface area is 66.7 Å². The van der Waals surface area contributed by atoms with E-state index >= 15 is 0 Å². The first kappa shape index (κ1) is 7.55. The second-order valence-electron chi connectivity index (χ2n) is 3.65. The molecule has 0 aromatic rings. The molecule has 1 aliphatic carbocycles. The minimum Gasteiger partial charge on any atom is -0.379 e. The van der Waals surface area contributed by atoms with Gasteiger partial charge in [0, 0.05) is 0 Å². The average Bonchev–Trinajstić information content (AvgIpc) is 2.41. The van der Waals surface area contributed by atoms with Crippen molar-refractivity contribution in [3.8, 4) is 0 Å². The van der Waals surface area contributed by atoms with Gasteiger partial charge in [-0.05, 0) is 19.8 Å². The Kier molecular flexibility index (Phi) is 1.36. The van der Waals surface area contributed by atoms with Gasteiger partial charge in [0.05, 0.1) is 18.0 Å². The van der Waals surface area contributed by atoms with Crippen molar-refractivity contribution in [1.82, 2.24) is 0 Å². The lowest BCUT2D eigenvalue weighted by molar-refractivity contribution is 0.0411. The molecule has 0 aromatic carbocycles. The second kappa shape index (κ2) is 1.98. The molecule has 2 fully saturated rings. The predicted molar refractivity (Wildman–Crippen MR) is 41.2 cm³/mol. The van der Waals surface area contributed by atoms with Gasteiger partial charge in [-0.1, -0.05) is 0 Å². The number of sulfone groups is 1. The van der Waals surface area contributed by atoms with Gasteiger partial charge in [0.2, 0.25) is 0 Å². The Morgan fingerprint density at radius 2 is 1.91 bits per heavy atom. The minimum atomic E-state index is -2.85. The molecular formula is C7H12O3S. The summed E-state index contributed by atoms with van der Waals surface area (Å²) in [7, 11) is -2.85. The van der Waals surface area contributed by atoms with Crippen molar-refractivity contribution >= 4 is 9.84 Å². The molecular weight excluding hydrogens is 164 g/mol. The van der Waals surface area contributed by atoms with Crippen LogP contribution in [-0.4, -0.2) is 31.6 Å². The molecule has 1 saturated heterocycles. The molecule has 64 valence electrons. The quantitative estimate of drug-likeness (QED) is 0.610. The van der Waals surface area contributed by atoms with E-state index in [0.717, 1.165) is 12.8 Å². The van der Waals surface area contributed by atoms with Crippen LogP contribution in [0.25, 0.3) is 0 Å². The fourth-order valence-corrected chi connectivity index (χ4v) is 3.28. The standard InChI is InChI=1S/C7H12O3S/c1-7(2-3-7)11(8,9)6-4-10-5-6/h6H,2-5H2,1H3. The van der Waals surface area contributed by atoms with E-state index in [1.165, 1.54) is 0 Å². The van der Waals surface area contributed by atoms with Crippen molar-refractivity contribution in [3.63, 3.8) is 0 Å². The molecule has 11 heavy (non-hydrogen) atoms. The fraction of sp³-hybridized carbons (Fsp3) is 1.00. The highest BCUT2D eigenvalue weighted by Gasteiger charge is 2.54. The topological polar surface area (TPSA) is 43.4 Å². The van der Waals surface area contributed by atoms with Gasteiger partial charge in [0.15, 0.2) is 9.84 Å². The zero-order chi connectivity index (χ0) is 8.11. The highest BCUT2D eigenvalue weighted by molar-refractivity contribution is 7.93. The van der Waals surface area contributed by atoms with E-state index in [9.17, 15) is 8.42 Å². The Balaban J connectivity index is 2.21. The first-order valence-corrected chi connectivity index (χ1v) is 5.42. The molecule has 0 atom stereocenters. The summed E-state index contributed by atoms with van der Waals surface area (Å²) < 4.78 is 27.7. The summed E-state index contributed by atoms with van der Waals surface area (Å²) in [6.45, 7) is 2.66. The van der Waals surface area contributed by atoms with Gasteiger partial charge in [0.25, 0.3) is 0 Å². The van der Waals surface area contributed by atoms with Crippen LogP contribution >= 0.6 is 0 Å². The summed E-state index contributed by atoms with van der Waals surface area (Å²) >= 11 is 0. The molecule has 1 aliphatic heterocycles. The zero-order valence-electron chi connectivity index (χ0n) is 6.54. The highest BCUT2D eigenvalue weighted by Crippen LogP contribution is 2.45. The number of ether oxygens (including phenoxy) is 1. The number of rotatable bonds is 2. The lowest BCUT2D eigenvalue weighted by Crippen LogP contribution is -2.45. The maximum atomic E-state index is 11.6. The molecule has 2 rings (SSSR count). The Bertz CT molecular complexity index is 259. The second-order valence-corrected chi connectivity index (χ2v) is 6.40. The summed E-state index contributed by atoms with van der Waals surface area (Å²) in [5.41, 5.74) is 0. The van der Waals surface area contributed by atoms with Crippen LogP contribution in [0.1, 0.15) is 19.8 Å². The summed E-state index contributed by atoms with van der Waals surface area (Å²) in [5, 5.41) is -0.199. The summed E-state index contributed by atoms with van der Waals surface area (Å²) in [6.07, 6.45) is 1.68. The number of hydrogen-bond donors (Lipinski definition) is 0. The van der Waals surface area contributed by atoms with Crippen molar-refractivity contribution < 1.29 is 13.2 Å². The van der Waals surface area contributed by atoms with E-state index in [1.807, 2.05) is 6.92 Å². The molecule has 0 radical (unpaired) electrons. The molecule has 0 aromatic heterocycles. The van der Waals surface area contributed by atoms with Gasteiger partial charge < -0.3 is 4.74 Å². The minimum absolute atomic E-state index is 0.199. The van der Waals surface area contributed by atoms with E-state index in [4.69, 9.17) is 4.74 Å². The molecule has 0 N–H and O–H groups in total. The maximum Gasteiger partial charge on any atom is 0.163 e. The average molecular weight is 176 g/mol. The third-order valence-electron chi connectivity index (χ3n) is 2.69. The molecule has 0 spiro atoms. The van der Waals surface area contributed by atoms with E-state index in [2.05, 4.69) is 0 Å². The lowest BCUT2D eigenvalue weighted by Gasteiger charge is -2.28. The van der Waals surface area contributed by atoms with Gasteiger partial charge >= 0.3 is 0 Å². The smallest absolute Gasteiger partial charge is 0.163 e. The van der Waals surface area contributed by atoms with Crippen LogP contribution in [0.15, 0.2) is 0 Å². The van der Waals surface area contributed by atoms with E-state index in [-0.39, 0.29) is 10.00 Å². The Morgan fingerprint density at radius 1 is 1.36 bits per heavy atom. The Morgan fingerprint density at radius 3 is 2.18 bits per heavy atom. The highest BCUT2D eigenvalue weighted by atomic mass is 32.2. The normalized spacial score (nSPS) is 29.5. The van der Waals surface area contributed by atoms with Crippen molar-refractivity contribution in [3.05, 3.63) is 0 Å². The summed E-state index contributed by atoms with van der Waals surface area (Å²) in [4.78, 5) is 0. The van der Waals surface area contributed by atoms with Gasteiger partial charge in [-0.2, -0.15) is 0 Å². The van der Waals surface area contributed by atoms with Crippen LogP contribution in [-0.2, 0) is 14.6 Å². The van der Waals surface area contributed by atoms with E-state index < -0.39 is 9.84 Å². The van der Waals surface area contributed by atoms with Crippen molar-refractivity contribution in [1.29, 1.82) is 0 Å². The van der Waals surface area contributed by atoms with Crippen LogP contribution < -0.4 is 0 Å². The molecule has 0 amide bonds. The van der Waals surface area contributed by atoms with Crippen molar-refractivity contribution in [2.24, 2.45) is 0 Å². The largest absolute Gasteiger partial charge is 0.379 e. The first-order valence-electron chi connectivity index (χ1n) is 3.87. The van der Waals surface area contributed by atoms with Gasteiger partial charge in [-0.3, -0.25) is 0 Å². The van der Waals surface area contributed by atoms with Gasteiger partial charge in [-0.25, -0.2) is 8.42 Å². The Hall–Kier alpha value is -0.0900. The maximum absolute atomic E-state index is 11.6. The third kappa shape index (κ3) is 0.924. The lowest BCUT2D eigenvalue weighted by atomic mass is 10.4. The van der Waals surface area contributed by atoms with Crippen LogP contribution in [0, 0.1) is 0 Å². The van der Waals surface area contributed by atoms with E-state index in [0.29, 0.717) is 13.2 Å². The molecule has 2 aliphatic rings. The van der Waals surface area contributed by atoms with Crippen LogP contribution in [0.5, 0.6) is 0 Å². The monoisotopic (exact) mass is 176 g/mol. The SMILES string of the molecule is CC1(S(=O)(=O)C2COC2)CC1. The van der Waals surface area contributed by atoms with Crippen LogP contribution in [0.2, 0.25) is 0 Å². The van der Waals surface area contributed by atoms with Crippen LogP contribution in [0.3, 0.4) is 0 Å². The first-order chi connectivity index (χ1) is 5.06. The molecule has 1 heterocycles. The third-order valence-corrected chi connectivity index (χ3v) is 5.62. The summed E-state index contributed by atoms with van der Waals surface area (Å²) in [5.74, 6) is 0.